The smallest absolute Gasteiger partial charge is 0.170 e. The molecule has 0 bridgehead atoms. The molecule has 0 aliphatic rings. The molecule has 0 spiro atoms. The van der Waals surface area contributed by atoms with Crippen LogP contribution in [0, 0.1) is 5.82 Å². The van der Waals surface area contributed by atoms with Crippen LogP contribution < -0.4 is 5.14 Å². The molecule has 5 nitrogen and oxygen atoms in total. The number of rotatable bonds is 5. The summed E-state index contributed by atoms with van der Waals surface area (Å²) in [7, 11) is -1.56. The summed E-state index contributed by atoms with van der Waals surface area (Å²) >= 11 is 0. The van der Waals surface area contributed by atoms with Gasteiger partial charge in [-0.3, -0.25) is 4.79 Å². The molecular formula is C17H14FN3O2S. The van der Waals surface area contributed by atoms with Gasteiger partial charge >= 0.3 is 0 Å². The van der Waals surface area contributed by atoms with Gasteiger partial charge in [0.05, 0.1) is 11.4 Å². The fraction of sp³-hybridized carbons (Fsp3) is 0.0588. The average Bonchev–Trinajstić information content (AvgIpc) is 3.00. The first kappa shape index (κ1) is 16.2. The van der Waals surface area contributed by atoms with E-state index >= 15 is 0 Å². The van der Waals surface area contributed by atoms with Crippen LogP contribution in [0.25, 0.3) is 11.4 Å². The molecule has 7 heteroatoms. The monoisotopic (exact) mass is 343 g/mol. The zero-order valence-corrected chi connectivity index (χ0v) is 13.4. The third kappa shape index (κ3) is 3.32. The van der Waals surface area contributed by atoms with Crippen LogP contribution in [0.3, 0.4) is 0 Å². The molecule has 0 saturated heterocycles. The van der Waals surface area contributed by atoms with Crippen molar-refractivity contribution in [3.8, 4) is 11.4 Å². The summed E-state index contributed by atoms with van der Waals surface area (Å²) < 4.78 is 26.9. The Kier molecular flexibility index (Phi) is 4.64. The minimum absolute atomic E-state index is 0.243. The molecule has 2 N–H and O–H groups in total. The van der Waals surface area contributed by atoms with Crippen LogP contribution >= 0.6 is 0 Å². The lowest BCUT2D eigenvalue weighted by molar-refractivity contribution is 0.111. The molecule has 1 unspecified atom stereocenters. The molecule has 0 saturated carbocycles. The van der Waals surface area contributed by atoms with Crippen LogP contribution in [0.15, 0.2) is 59.6 Å². The highest BCUT2D eigenvalue weighted by atomic mass is 32.2. The van der Waals surface area contributed by atoms with Gasteiger partial charge in [0.1, 0.15) is 28.3 Å². The number of benzene rings is 2. The van der Waals surface area contributed by atoms with Crippen molar-refractivity contribution in [1.82, 2.24) is 9.55 Å². The predicted octanol–water partition coefficient (Wildman–Crippen LogP) is 2.53. The van der Waals surface area contributed by atoms with Gasteiger partial charge in [-0.05, 0) is 18.2 Å². The van der Waals surface area contributed by atoms with Crippen molar-refractivity contribution in [3.05, 3.63) is 71.8 Å². The Hall–Kier alpha value is -2.64. The van der Waals surface area contributed by atoms with Crippen molar-refractivity contribution < 1.29 is 13.4 Å². The summed E-state index contributed by atoms with van der Waals surface area (Å²) in [6.07, 6.45) is 2.22. The summed E-state index contributed by atoms with van der Waals surface area (Å²) in [5.41, 5.74) is 1.47. The minimum atomic E-state index is -1.56. The van der Waals surface area contributed by atoms with Gasteiger partial charge < -0.3 is 4.57 Å². The van der Waals surface area contributed by atoms with Crippen LogP contribution in [0.4, 0.5) is 4.39 Å². The second kappa shape index (κ2) is 6.86. The third-order valence-corrected chi connectivity index (χ3v) is 4.30. The van der Waals surface area contributed by atoms with Gasteiger partial charge in [-0.1, -0.05) is 30.3 Å². The maximum atomic E-state index is 13.9. The summed E-state index contributed by atoms with van der Waals surface area (Å²) in [4.78, 5) is 15.8. The Bertz CT molecular complexity index is 906. The molecule has 3 rings (SSSR count). The molecule has 1 aromatic heterocycles. The molecule has 0 fully saturated rings. The van der Waals surface area contributed by atoms with Crippen molar-refractivity contribution >= 4 is 17.3 Å². The van der Waals surface area contributed by atoms with Crippen molar-refractivity contribution in [2.45, 2.75) is 11.4 Å². The molecule has 0 aliphatic heterocycles. The molecule has 0 radical (unpaired) electrons. The summed E-state index contributed by atoms with van der Waals surface area (Å²) in [5, 5.41) is 5.34. The molecule has 24 heavy (non-hydrogen) atoms. The number of imidazole rings is 1. The number of nitrogens with zero attached hydrogens (tertiary/aromatic N) is 2. The summed E-state index contributed by atoms with van der Waals surface area (Å²) in [5.74, 6) is 0.202. The number of aromatic nitrogens is 2. The number of carbonyl (C=O) groups excluding carboxylic acids is 1. The number of aldehydes is 1. The number of hydrogen-bond acceptors (Lipinski definition) is 3. The molecule has 1 heterocycles. The van der Waals surface area contributed by atoms with Gasteiger partial charge in [-0.2, -0.15) is 0 Å². The van der Waals surface area contributed by atoms with E-state index in [-0.39, 0.29) is 18.1 Å². The van der Waals surface area contributed by atoms with Gasteiger partial charge in [0.2, 0.25) is 0 Å². The van der Waals surface area contributed by atoms with Gasteiger partial charge in [0.25, 0.3) is 0 Å². The zero-order chi connectivity index (χ0) is 17.1. The Morgan fingerprint density at radius 2 is 1.88 bits per heavy atom. The largest absolute Gasteiger partial charge is 0.326 e. The highest BCUT2D eigenvalue weighted by Crippen LogP contribution is 2.22. The fourth-order valence-electron chi connectivity index (χ4n) is 2.39. The molecule has 3 aromatic rings. The van der Waals surface area contributed by atoms with Crippen molar-refractivity contribution in [2.75, 3.05) is 0 Å². The van der Waals surface area contributed by atoms with Crippen LogP contribution in [-0.4, -0.2) is 20.0 Å². The van der Waals surface area contributed by atoms with Crippen LogP contribution in [0.5, 0.6) is 0 Å². The van der Waals surface area contributed by atoms with Gasteiger partial charge in [-0.15, -0.1) is 0 Å². The maximum Gasteiger partial charge on any atom is 0.170 e. The van der Waals surface area contributed by atoms with E-state index in [0.717, 1.165) is 0 Å². The molecule has 0 amide bonds. The highest BCUT2D eigenvalue weighted by molar-refractivity contribution is 7.82. The number of carbonyl (C=O) groups is 1. The van der Waals surface area contributed by atoms with Gasteiger partial charge in [0, 0.05) is 17.3 Å². The third-order valence-electron chi connectivity index (χ3n) is 3.56. The Labute approximate surface area is 140 Å². The number of hydrogen-bond donors (Lipinski definition) is 1. The first-order valence-corrected chi connectivity index (χ1v) is 8.32. The number of nitrogens with two attached hydrogens (primary N) is 1. The first-order valence-electron chi connectivity index (χ1n) is 7.11. The quantitative estimate of drug-likeness (QED) is 0.723. The van der Waals surface area contributed by atoms with E-state index < -0.39 is 11.0 Å². The van der Waals surface area contributed by atoms with Gasteiger partial charge in [0.15, 0.2) is 6.29 Å². The minimum Gasteiger partial charge on any atom is -0.326 e. The van der Waals surface area contributed by atoms with E-state index in [0.29, 0.717) is 28.1 Å². The topological polar surface area (TPSA) is 78.0 Å². The highest BCUT2D eigenvalue weighted by Gasteiger charge is 2.12. The van der Waals surface area contributed by atoms with E-state index in [1.807, 2.05) is 0 Å². The fourth-order valence-corrected chi connectivity index (χ4v) is 2.80. The van der Waals surface area contributed by atoms with Crippen LogP contribution in [0.2, 0.25) is 0 Å². The first-order chi connectivity index (χ1) is 11.6. The molecule has 1 atom stereocenters. The molecule has 2 aromatic carbocycles. The second-order valence-electron chi connectivity index (χ2n) is 5.15. The summed E-state index contributed by atoms with van der Waals surface area (Å²) in [6, 6.07) is 13.1. The van der Waals surface area contributed by atoms with Crippen molar-refractivity contribution in [3.63, 3.8) is 0 Å². The van der Waals surface area contributed by atoms with E-state index in [1.165, 1.54) is 6.07 Å². The average molecular weight is 343 g/mol. The van der Waals surface area contributed by atoms with Crippen LogP contribution in [0.1, 0.15) is 16.1 Å². The predicted molar refractivity (Wildman–Crippen MR) is 89.1 cm³/mol. The Morgan fingerprint density at radius 3 is 2.50 bits per heavy atom. The lowest BCUT2D eigenvalue weighted by atomic mass is 10.2. The van der Waals surface area contributed by atoms with Crippen molar-refractivity contribution in [2.24, 2.45) is 5.14 Å². The normalized spacial score (nSPS) is 12.1. The van der Waals surface area contributed by atoms with E-state index in [4.69, 9.17) is 5.14 Å². The standard InChI is InChI=1S/C17H14FN3O2S/c18-16-4-2-1-3-13(16)9-21-10-14(11-22)20-17(21)12-5-7-15(8-6-12)24(19)23/h1-8,10-11H,9,19H2. The summed E-state index contributed by atoms with van der Waals surface area (Å²) in [6.45, 7) is 0.243. The lowest BCUT2D eigenvalue weighted by Crippen LogP contribution is -2.04. The Balaban J connectivity index is 2.01. The van der Waals surface area contributed by atoms with Crippen molar-refractivity contribution in [1.29, 1.82) is 0 Å². The molecular weight excluding hydrogens is 329 g/mol. The molecule has 0 aliphatic carbocycles. The Morgan fingerprint density at radius 1 is 1.17 bits per heavy atom. The number of halogens is 1. The second-order valence-corrected chi connectivity index (χ2v) is 6.21. The van der Waals surface area contributed by atoms with Gasteiger partial charge in [-0.25, -0.2) is 18.7 Å². The maximum absolute atomic E-state index is 13.9. The zero-order valence-electron chi connectivity index (χ0n) is 12.6. The van der Waals surface area contributed by atoms with E-state index in [2.05, 4.69) is 4.98 Å². The van der Waals surface area contributed by atoms with E-state index in [1.54, 1.807) is 53.2 Å². The molecule has 122 valence electrons. The van der Waals surface area contributed by atoms with Crippen LogP contribution in [-0.2, 0) is 17.5 Å². The SMILES string of the molecule is NS(=O)c1ccc(-c2nc(C=O)cn2Cc2ccccc2F)cc1. The van der Waals surface area contributed by atoms with E-state index in [9.17, 15) is 13.4 Å². The lowest BCUT2D eigenvalue weighted by Gasteiger charge is -2.09.